The average Bonchev–Trinajstić information content (AvgIpc) is 2.94. The fraction of sp³-hybridized carbons (Fsp3) is 0.455. The molecule has 0 saturated heterocycles. The zero-order valence-corrected chi connectivity index (χ0v) is 22.9. The van der Waals surface area contributed by atoms with Gasteiger partial charge in [0, 0.05) is 23.8 Å². The van der Waals surface area contributed by atoms with Crippen molar-refractivity contribution in [1.29, 1.82) is 0 Å². The predicted octanol–water partition coefficient (Wildman–Crippen LogP) is 5.68. The van der Waals surface area contributed by atoms with Crippen LogP contribution >= 0.6 is 0 Å². The van der Waals surface area contributed by atoms with Crippen LogP contribution in [-0.2, 0) is 13.0 Å². The van der Waals surface area contributed by atoms with E-state index < -0.39 is 12.2 Å². The lowest BCUT2D eigenvalue weighted by molar-refractivity contribution is 0.00561. The van der Waals surface area contributed by atoms with E-state index in [0.717, 1.165) is 42.0 Å². The summed E-state index contributed by atoms with van der Waals surface area (Å²) in [6, 6.07) is 12.2. The molecular weight excluding hydrogens is 492 g/mol. The Hall–Kier alpha value is -3.24. The van der Waals surface area contributed by atoms with Crippen LogP contribution in [0.25, 0.3) is 21.9 Å². The van der Waals surface area contributed by atoms with Gasteiger partial charge in [0.05, 0.1) is 25.9 Å². The lowest BCUT2D eigenvalue weighted by Crippen LogP contribution is -2.32. The lowest BCUT2D eigenvalue weighted by atomic mass is 9.84. The maximum atomic E-state index is 11.2. The molecule has 3 aromatic carbocycles. The summed E-state index contributed by atoms with van der Waals surface area (Å²) in [6.45, 7) is 1.91. The van der Waals surface area contributed by atoms with Gasteiger partial charge in [0.15, 0.2) is 11.5 Å². The van der Waals surface area contributed by atoms with Gasteiger partial charge in [-0.25, -0.2) is 0 Å². The highest BCUT2D eigenvalue weighted by atomic mass is 16.5. The number of ether oxygens (including phenoxy) is 1. The molecular formula is C33H40O6. The molecule has 6 nitrogen and oxygen atoms in total. The van der Waals surface area contributed by atoms with E-state index in [9.17, 15) is 25.5 Å². The van der Waals surface area contributed by atoms with Crippen molar-refractivity contribution >= 4 is 10.8 Å². The van der Waals surface area contributed by atoms with Crippen LogP contribution in [0.3, 0.4) is 0 Å². The second kappa shape index (κ2) is 13.2. The number of hydrogen-bond donors (Lipinski definition) is 5. The van der Waals surface area contributed by atoms with E-state index in [-0.39, 0.29) is 24.0 Å². The number of hydrogen-bond acceptors (Lipinski definition) is 6. The van der Waals surface area contributed by atoms with E-state index in [1.165, 1.54) is 7.11 Å². The van der Waals surface area contributed by atoms with Crippen molar-refractivity contribution in [3.63, 3.8) is 0 Å². The van der Waals surface area contributed by atoms with Crippen LogP contribution < -0.4 is 4.74 Å². The summed E-state index contributed by atoms with van der Waals surface area (Å²) in [5, 5.41) is 54.6. The SMILES string of the molecule is CCC1C#CCC(C(O)CCc2ccc(O)c(OC)c2-c2cc3ccc(O)cc3cc2CO)C(O)CCCC1. The van der Waals surface area contributed by atoms with Crippen molar-refractivity contribution < 1.29 is 30.3 Å². The van der Waals surface area contributed by atoms with Crippen molar-refractivity contribution in [1.82, 2.24) is 0 Å². The zero-order chi connectivity index (χ0) is 27.9. The van der Waals surface area contributed by atoms with Crippen molar-refractivity contribution in [2.45, 2.75) is 77.1 Å². The molecule has 208 valence electrons. The van der Waals surface area contributed by atoms with Crippen molar-refractivity contribution in [2.75, 3.05) is 7.11 Å². The Labute approximate surface area is 230 Å². The topological polar surface area (TPSA) is 110 Å². The standard InChI is InChI=1S/C33H40O6/c1-3-21-7-4-5-10-29(36)27(9-6-8-21)30(37)15-12-22-13-16-31(38)33(39-2)32(22)28-19-23-11-14-26(35)18-24(23)17-25(28)20-34/h11,13-14,16-19,21,27,29-30,34-38H,3-5,7,9-10,12,15,20H2,1-2H3. The minimum atomic E-state index is -0.752. The number of rotatable bonds is 8. The van der Waals surface area contributed by atoms with Gasteiger partial charge in [-0.3, -0.25) is 0 Å². The van der Waals surface area contributed by atoms with Gasteiger partial charge < -0.3 is 30.3 Å². The molecule has 0 aliphatic heterocycles. The number of fused-ring (bicyclic) bond motifs is 1. The molecule has 0 fully saturated rings. The number of benzene rings is 3. The van der Waals surface area contributed by atoms with Crippen LogP contribution in [0.5, 0.6) is 17.2 Å². The number of aliphatic hydroxyl groups is 3. The minimum absolute atomic E-state index is 0.0185. The van der Waals surface area contributed by atoms with Gasteiger partial charge in [-0.15, -0.1) is 5.92 Å². The minimum Gasteiger partial charge on any atom is -0.508 e. The highest BCUT2D eigenvalue weighted by molar-refractivity contribution is 5.92. The van der Waals surface area contributed by atoms with Gasteiger partial charge >= 0.3 is 0 Å². The van der Waals surface area contributed by atoms with Crippen LogP contribution in [0.15, 0.2) is 42.5 Å². The Balaban J connectivity index is 1.67. The molecule has 5 N–H and O–H groups in total. The molecule has 0 radical (unpaired) electrons. The lowest BCUT2D eigenvalue weighted by Gasteiger charge is -2.27. The van der Waals surface area contributed by atoms with Gasteiger partial charge in [0.1, 0.15) is 5.75 Å². The normalized spacial score (nSPS) is 20.7. The van der Waals surface area contributed by atoms with Crippen LogP contribution in [0.2, 0.25) is 0 Å². The molecule has 0 saturated carbocycles. The number of phenols is 2. The number of phenolic OH excluding ortho intramolecular Hbond substituents is 2. The van der Waals surface area contributed by atoms with E-state index in [1.54, 1.807) is 24.3 Å². The van der Waals surface area contributed by atoms with Crippen molar-refractivity contribution in [3.05, 3.63) is 53.6 Å². The summed E-state index contributed by atoms with van der Waals surface area (Å²) in [5.74, 6) is 7.04. The van der Waals surface area contributed by atoms with Gasteiger partial charge in [0.25, 0.3) is 0 Å². The predicted molar refractivity (Wildman–Crippen MR) is 154 cm³/mol. The monoisotopic (exact) mass is 532 g/mol. The smallest absolute Gasteiger partial charge is 0.168 e. The van der Waals surface area contributed by atoms with E-state index in [4.69, 9.17) is 4.74 Å². The molecule has 4 atom stereocenters. The molecule has 1 aliphatic rings. The zero-order valence-electron chi connectivity index (χ0n) is 22.9. The largest absolute Gasteiger partial charge is 0.508 e. The third-order valence-corrected chi connectivity index (χ3v) is 8.05. The summed E-state index contributed by atoms with van der Waals surface area (Å²) >= 11 is 0. The maximum absolute atomic E-state index is 11.2. The molecule has 0 heterocycles. The summed E-state index contributed by atoms with van der Waals surface area (Å²) in [7, 11) is 1.49. The van der Waals surface area contributed by atoms with Crippen LogP contribution in [0.1, 0.15) is 63.0 Å². The fourth-order valence-corrected chi connectivity index (χ4v) is 5.72. The highest BCUT2D eigenvalue weighted by Gasteiger charge is 2.27. The molecule has 0 bridgehead atoms. The summed E-state index contributed by atoms with van der Waals surface area (Å²) in [6.07, 6.45) is 4.64. The quantitative estimate of drug-likeness (QED) is 0.239. The molecule has 6 heteroatoms. The molecule has 0 aromatic heterocycles. The van der Waals surface area contributed by atoms with Crippen LogP contribution in [0, 0.1) is 23.7 Å². The van der Waals surface area contributed by atoms with Crippen molar-refractivity contribution in [3.8, 4) is 40.2 Å². The molecule has 0 amide bonds. The molecule has 0 spiro atoms. The first kappa shape index (κ1) is 28.8. The Kier molecular flexibility index (Phi) is 9.74. The average molecular weight is 533 g/mol. The molecule has 4 unspecified atom stereocenters. The summed E-state index contributed by atoms with van der Waals surface area (Å²) < 4.78 is 5.63. The third kappa shape index (κ3) is 6.67. The fourth-order valence-electron chi connectivity index (χ4n) is 5.72. The van der Waals surface area contributed by atoms with Crippen LogP contribution in [-0.4, -0.2) is 44.9 Å². The van der Waals surface area contributed by atoms with E-state index >= 15 is 0 Å². The first-order valence-corrected chi connectivity index (χ1v) is 14.0. The van der Waals surface area contributed by atoms with Gasteiger partial charge in [-0.1, -0.05) is 37.8 Å². The second-order valence-electron chi connectivity index (χ2n) is 10.6. The van der Waals surface area contributed by atoms with Gasteiger partial charge in [-0.2, -0.15) is 0 Å². The molecule has 39 heavy (non-hydrogen) atoms. The molecule has 1 aliphatic carbocycles. The third-order valence-electron chi connectivity index (χ3n) is 8.05. The Morgan fingerprint density at radius 2 is 1.79 bits per heavy atom. The Bertz CT molecular complexity index is 1340. The van der Waals surface area contributed by atoms with E-state index in [0.29, 0.717) is 54.0 Å². The van der Waals surface area contributed by atoms with Crippen molar-refractivity contribution in [2.24, 2.45) is 11.8 Å². The summed E-state index contributed by atoms with van der Waals surface area (Å²) in [5.41, 5.74) is 2.84. The summed E-state index contributed by atoms with van der Waals surface area (Å²) in [4.78, 5) is 0. The van der Waals surface area contributed by atoms with E-state index in [1.807, 2.05) is 18.2 Å². The highest BCUT2D eigenvalue weighted by Crippen LogP contribution is 2.43. The second-order valence-corrected chi connectivity index (χ2v) is 10.6. The van der Waals surface area contributed by atoms with Crippen LogP contribution in [0.4, 0.5) is 0 Å². The van der Waals surface area contributed by atoms with Gasteiger partial charge in [0.2, 0.25) is 0 Å². The maximum Gasteiger partial charge on any atom is 0.168 e. The number of methoxy groups -OCH3 is 1. The van der Waals surface area contributed by atoms with E-state index in [2.05, 4.69) is 18.8 Å². The number of aliphatic hydroxyl groups excluding tert-OH is 3. The number of aromatic hydroxyl groups is 2. The first-order chi connectivity index (χ1) is 18.9. The number of aryl methyl sites for hydroxylation is 1. The van der Waals surface area contributed by atoms with Gasteiger partial charge in [-0.05, 0) is 89.9 Å². The molecule has 3 aromatic rings. The first-order valence-electron chi connectivity index (χ1n) is 14.0. The molecule has 4 rings (SSSR count). The Morgan fingerprint density at radius 3 is 2.54 bits per heavy atom. The Morgan fingerprint density at radius 1 is 1.00 bits per heavy atom.